The van der Waals surface area contributed by atoms with Gasteiger partial charge in [0.15, 0.2) is 5.82 Å². The summed E-state index contributed by atoms with van der Waals surface area (Å²) in [7, 11) is -2.35. The number of aromatic nitrogens is 2. The van der Waals surface area contributed by atoms with Gasteiger partial charge in [0.25, 0.3) is 0 Å². The first kappa shape index (κ1) is 21.5. The number of rotatable bonds is 6. The maximum absolute atomic E-state index is 12.3. The summed E-state index contributed by atoms with van der Waals surface area (Å²) in [5, 5.41) is 7.08. The van der Waals surface area contributed by atoms with Gasteiger partial charge in [-0.25, -0.2) is 4.98 Å². The highest BCUT2D eigenvalue weighted by Crippen LogP contribution is 2.36. The minimum Gasteiger partial charge on any atom is -0.768 e. The van der Waals surface area contributed by atoms with Gasteiger partial charge in [0.05, 0.1) is 11.9 Å². The molecular weight excluding hydrogens is 431 g/mol. The van der Waals surface area contributed by atoms with Crippen molar-refractivity contribution < 1.29 is 13.3 Å². The van der Waals surface area contributed by atoms with Crippen LogP contribution in [0.5, 0.6) is 0 Å². The zero-order valence-corrected chi connectivity index (χ0v) is 18.4. The fourth-order valence-corrected chi connectivity index (χ4v) is 4.17. The van der Waals surface area contributed by atoms with Gasteiger partial charge in [-0.05, 0) is 67.2 Å². The van der Waals surface area contributed by atoms with E-state index in [0.29, 0.717) is 5.69 Å². The summed E-state index contributed by atoms with van der Waals surface area (Å²) < 4.78 is 35.1. The Balaban J connectivity index is 1.89. The van der Waals surface area contributed by atoms with E-state index in [9.17, 15) is 13.3 Å². The molecule has 1 atom stereocenters. The quantitative estimate of drug-likeness (QED) is 0.424. The smallest absolute Gasteiger partial charge is 0.229 e. The maximum atomic E-state index is 12.3. The van der Waals surface area contributed by atoms with Crippen LogP contribution in [0.15, 0.2) is 53.6 Å². The van der Waals surface area contributed by atoms with Crippen LogP contribution in [0.25, 0.3) is 0 Å². The molecule has 0 saturated carbocycles. The average Bonchev–Trinajstić information content (AvgIpc) is 2.65. The van der Waals surface area contributed by atoms with Crippen LogP contribution in [0, 0.1) is 6.92 Å². The van der Waals surface area contributed by atoms with Crippen molar-refractivity contribution in [3.05, 3.63) is 59.2 Å². The number of nitrogens with zero attached hydrogens (tertiary/aromatic N) is 2. The number of para-hydroxylation sites is 1. The molecule has 0 spiro atoms. The van der Waals surface area contributed by atoms with Gasteiger partial charge in [0.1, 0.15) is 12.2 Å². The summed E-state index contributed by atoms with van der Waals surface area (Å²) in [6, 6.07) is 11.9. The topological polar surface area (TPSA) is 107 Å². The molecule has 3 aromatic rings. The maximum Gasteiger partial charge on any atom is 0.229 e. The van der Waals surface area contributed by atoms with Gasteiger partial charge in [-0.3, -0.25) is 4.21 Å². The zero-order valence-electron chi connectivity index (χ0n) is 16.0. The molecule has 0 amide bonds. The van der Waals surface area contributed by atoms with Crippen molar-refractivity contribution in [2.24, 2.45) is 0 Å². The van der Waals surface area contributed by atoms with Crippen LogP contribution in [-0.4, -0.2) is 32.1 Å². The van der Waals surface area contributed by atoms with Crippen molar-refractivity contribution in [1.29, 1.82) is 0 Å². The highest BCUT2D eigenvalue weighted by atomic mass is 35.5. The summed E-state index contributed by atoms with van der Waals surface area (Å²) in [6.07, 6.45) is 1.42. The fourth-order valence-electron chi connectivity index (χ4n) is 2.60. The third-order valence-electron chi connectivity index (χ3n) is 4.14. The van der Waals surface area contributed by atoms with Crippen molar-refractivity contribution in [2.75, 3.05) is 24.0 Å². The minimum atomic E-state index is -2.41. The number of benzene rings is 2. The number of halogens is 1. The van der Waals surface area contributed by atoms with E-state index >= 15 is 0 Å². The van der Waals surface area contributed by atoms with Gasteiger partial charge in [-0.15, -0.1) is 0 Å². The Bertz CT molecular complexity index is 1140. The molecule has 2 aromatic carbocycles. The molecule has 7 nitrogen and oxygen atoms in total. The van der Waals surface area contributed by atoms with Gasteiger partial charge < -0.3 is 19.8 Å². The first-order chi connectivity index (χ1) is 13.6. The van der Waals surface area contributed by atoms with Crippen molar-refractivity contribution in [3.8, 4) is 0 Å². The molecule has 0 aliphatic heterocycles. The molecule has 10 heteroatoms. The number of nitrogens with one attached hydrogen (secondary N) is 2. The van der Waals surface area contributed by atoms with Crippen molar-refractivity contribution >= 4 is 58.3 Å². The lowest BCUT2D eigenvalue weighted by Gasteiger charge is -2.15. The molecule has 2 N–H and O–H groups in total. The molecule has 0 radical (unpaired) electrons. The van der Waals surface area contributed by atoms with E-state index in [0.717, 1.165) is 16.6 Å². The van der Waals surface area contributed by atoms with Crippen LogP contribution in [0.4, 0.5) is 23.1 Å². The zero-order chi connectivity index (χ0) is 21.2. The standard InChI is InChI=1S/C19H20ClN4O3PS/c1-12-10-13(28(2,3)25)8-9-15(12)23-19-21-11-14(20)18(24-19)22-16-6-4-5-7-17(16)29(26)27/h4-11H,1-3H3,(H,26,27)(H2,21,22,23,24)/p-1. The second-order valence-electron chi connectivity index (χ2n) is 6.72. The van der Waals surface area contributed by atoms with Crippen LogP contribution >= 0.6 is 18.7 Å². The van der Waals surface area contributed by atoms with Crippen LogP contribution in [0.1, 0.15) is 5.56 Å². The van der Waals surface area contributed by atoms with E-state index < -0.39 is 18.2 Å². The monoisotopic (exact) mass is 449 g/mol. The van der Waals surface area contributed by atoms with Crippen molar-refractivity contribution in [1.82, 2.24) is 9.97 Å². The molecule has 3 rings (SSSR count). The summed E-state index contributed by atoms with van der Waals surface area (Å²) in [5.74, 6) is 0.549. The third kappa shape index (κ3) is 5.22. The molecule has 29 heavy (non-hydrogen) atoms. The molecule has 0 saturated heterocycles. The molecule has 0 aliphatic rings. The fraction of sp³-hybridized carbons (Fsp3) is 0.158. The number of hydrogen-bond acceptors (Lipinski definition) is 7. The first-order valence-corrected chi connectivity index (χ1v) is 12.6. The SMILES string of the molecule is Cc1cc(P(C)(C)=O)ccc1Nc1ncc(Cl)c(Nc2ccccc2S(=O)[O-])n1. The predicted octanol–water partition coefficient (Wildman–Crippen LogP) is 4.41. The Morgan fingerprint density at radius 3 is 2.48 bits per heavy atom. The summed E-state index contributed by atoms with van der Waals surface area (Å²) in [5.41, 5.74) is 2.01. The first-order valence-electron chi connectivity index (χ1n) is 8.56. The van der Waals surface area contributed by atoms with Gasteiger partial charge in [-0.2, -0.15) is 4.98 Å². The average molecular weight is 450 g/mol. The number of hydrogen-bond donors (Lipinski definition) is 2. The molecule has 0 fully saturated rings. The summed E-state index contributed by atoms with van der Waals surface area (Å²) in [4.78, 5) is 8.63. The Labute approximate surface area is 176 Å². The Hall–Kier alpha value is -2.25. The molecular formula is C19H19ClN4O3PS-. The van der Waals surface area contributed by atoms with E-state index in [-0.39, 0.29) is 21.7 Å². The van der Waals surface area contributed by atoms with Crippen LogP contribution < -0.4 is 15.9 Å². The van der Waals surface area contributed by atoms with Crippen molar-refractivity contribution in [3.63, 3.8) is 0 Å². The number of anilines is 4. The second kappa shape index (κ2) is 8.63. The highest BCUT2D eigenvalue weighted by molar-refractivity contribution is 7.79. The van der Waals surface area contributed by atoms with E-state index in [4.69, 9.17) is 11.6 Å². The molecule has 1 heterocycles. The van der Waals surface area contributed by atoms with E-state index in [1.807, 2.05) is 25.1 Å². The van der Waals surface area contributed by atoms with Gasteiger partial charge >= 0.3 is 0 Å². The molecule has 0 aliphatic carbocycles. The Morgan fingerprint density at radius 2 is 1.83 bits per heavy atom. The highest BCUT2D eigenvalue weighted by Gasteiger charge is 2.13. The van der Waals surface area contributed by atoms with Gasteiger partial charge in [0.2, 0.25) is 5.95 Å². The summed E-state index contributed by atoms with van der Waals surface area (Å²) >= 11 is 3.77. The largest absolute Gasteiger partial charge is 0.768 e. The van der Waals surface area contributed by atoms with Crippen LogP contribution in [-0.2, 0) is 15.6 Å². The lowest BCUT2D eigenvalue weighted by Crippen LogP contribution is -2.07. The lowest BCUT2D eigenvalue weighted by molar-refractivity contribution is 0.537. The second-order valence-corrected chi connectivity index (χ2v) is 11.3. The molecule has 1 aromatic heterocycles. The van der Waals surface area contributed by atoms with Gasteiger partial charge in [0, 0.05) is 15.9 Å². The van der Waals surface area contributed by atoms with Crippen molar-refractivity contribution in [2.45, 2.75) is 11.8 Å². The van der Waals surface area contributed by atoms with Gasteiger partial charge in [-0.1, -0.05) is 23.7 Å². The van der Waals surface area contributed by atoms with E-state index in [1.165, 1.54) is 12.3 Å². The molecule has 0 bridgehead atoms. The Morgan fingerprint density at radius 1 is 1.10 bits per heavy atom. The van der Waals surface area contributed by atoms with Crippen LogP contribution in [0.3, 0.4) is 0 Å². The third-order valence-corrected chi connectivity index (χ3v) is 6.66. The normalized spacial score (nSPS) is 12.4. The Kier molecular flexibility index (Phi) is 6.39. The molecule has 152 valence electrons. The van der Waals surface area contributed by atoms with E-state index in [2.05, 4.69) is 20.6 Å². The lowest BCUT2D eigenvalue weighted by atomic mass is 10.2. The predicted molar refractivity (Wildman–Crippen MR) is 118 cm³/mol. The van der Waals surface area contributed by atoms with E-state index in [1.54, 1.807) is 31.5 Å². The number of aryl methyl sites for hydroxylation is 1. The minimum absolute atomic E-state index is 0.103. The van der Waals surface area contributed by atoms with Crippen LogP contribution in [0.2, 0.25) is 5.02 Å². The summed E-state index contributed by atoms with van der Waals surface area (Å²) in [6.45, 7) is 5.35. The molecule has 1 unspecified atom stereocenters.